The van der Waals surface area contributed by atoms with E-state index in [1.54, 1.807) is 0 Å². The molecule has 1 aromatic heterocycles. The molecule has 1 aromatic rings. The number of nitrogens with two attached hydrogens (primary N) is 1. The molecule has 1 saturated carbocycles. The summed E-state index contributed by atoms with van der Waals surface area (Å²) in [5.74, 6) is 1.70. The molecule has 0 radical (unpaired) electrons. The van der Waals surface area contributed by atoms with Crippen LogP contribution in [-0.4, -0.2) is 27.2 Å². The number of hydrogen-bond donors (Lipinski definition) is 2. The van der Waals surface area contributed by atoms with E-state index in [0.717, 1.165) is 5.82 Å². The molecule has 0 bridgehead atoms. The van der Waals surface area contributed by atoms with Crippen molar-refractivity contribution in [3.8, 4) is 0 Å². The smallest absolute Gasteiger partial charge is 0.178 e. The molecule has 2 rings (SSSR count). The molecule has 1 aliphatic rings. The van der Waals surface area contributed by atoms with Crippen molar-refractivity contribution in [3.05, 3.63) is 5.82 Å². The van der Waals surface area contributed by atoms with Gasteiger partial charge in [0.2, 0.25) is 0 Å². The molecule has 0 saturated heterocycles. The summed E-state index contributed by atoms with van der Waals surface area (Å²) in [6.07, 6.45) is 0. The minimum Gasteiger partial charge on any atom is -0.330 e. The first kappa shape index (κ1) is 7.67. The van der Waals surface area contributed by atoms with Crippen LogP contribution >= 0.6 is 0 Å². The number of aromatic amines is 1. The van der Waals surface area contributed by atoms with Gasteiger partial charge in [-0.1, -0.05) is 19.1 Å². The van der Waals surface area contributed by atoms with E-state index in [-0.39, 0.29) is 5.41 Å². The van der Waals surface area contributed by atoms with Crippen molar-refractivity contribution in [2.45, 2.75) is 19.8 Å². The van der Waals surface area contributed by atoms with Crippen molar-refractivity contribution in [1.82, 2.24) is 20.6 Å². The van der Waals surface area contributed by atoms with Gasteiger partial charge in [-0.15, -0.1) is 10.2 Å². The number of hydrogen-bond acceptors (Lipinski definition) is 4. The first-order chi connectivity index (χ1) is 5.68. The summed E-state index contributed by atoms with van der Waals surface area (Å²) in [7, 11) is 0. The van der Waals surface area contributed by atoms with Gasteiger partial charge in [0, 0.05) is 5.92 Å². The molecule has 0 amide bonds. The molecular weight excluding hydrogens is 154 g/mol. The molecule has 0 aliphatic heterocycles. The fraction of sp³-hybridized carbons (Fsp3) is 0.857. The molecule has 0 aromatic carbocycles. The van der Waals surface area contributed by atoms with E-state index < -0.39 is 0 Å². The zero-order chi connectivity index (χ0) is 8.77. The molecule has 1 aliphatic carbocycles. The van der Waals surface area contributed by atoms with Gasteiger partial charge in [-0.3, -0.25) is 0 Å². The van der Waals surface area contributed by atoms with Crippen molar-refractivity contribution in [2.75, 3.05) is 6.54 Å². The van der Waals surface area contributed by atoms with Crippen molar-refractivity contribution in [2.24, 2.45) is 17.1 Å². The van der Waals surface area contributed by atoms with Crippen LogP contribution in [0.1, 0.15) is 25.6 Å². The van der Waals surface area contributed by atoms with Crippen molar-refractivity contribution >= 4 is 0 Å². The fourth-order valence-corrected chi connectivity index (χ4v) is 2.00. The summed E-state index contributed by atoms with van der Waals surface area (Å²) < 4.78 is 0. The van der Waals surface area contributed by atoms with Gasteiger partial charge in [-0.25, -0.2) is 0 Å². The summed E-state index contributed by atoms with van der Waals surface area (Å²) in [4.78, 5) is 0. The van der Waals surface area contributed by atoms with E-state index >= 15 is 0 Å². The monoisotopic (exact) mass is 167 g/mol. The maximum Gasteiger partial charge on any atom is 0.178 e. The molecule has 2 unspecified atom stereocenters. The number of tetrazole rings is 1. The average molecular weight is 167 g/mol. The van der Waals surface area contributed by atoms with Gasteiger partial charge in [0.1, 0.15) is 0 Å². The van der Waals surface area contributed by atoms with Gasteiger partial charge in [-0.05, 0) is 17.9 Å². The van der Waals surface area contributed by atoms with E-state index in [2.05, 4.69) is 34.5 Å². The molecule has 1 heterocycles. The maximum absolute atomic E-state index is 5.62. The summed E-state index contributed by atoms with van der Waals surface area (Å²) in [5.41, 5.74) is 5.87. The lowest BCUT2D eigenvalue weighted by Gasteiger charge is -1.97. The lowest BCUT2D eigenvalue weighted by atomic mass is 10.1. The Hall–Kier alpha value is -0.970. The van der Waals surface area contributed by atoms with E-state index in [0.29, 0.717) is 18.4 Å². The Morgan fingerprint density at radius 2 is 2.33 bits per heavy atom. The normalized spacial score (nSPS) is 31.9. The Bertz CT molecular complexity index is 265. The molecule has 5 heteroatoms. The zero-order valence-electron chi connectivity index (χ0n) is 7.28. The summed E-state index contributed by atoms with van der Waals surface area (Å²) in [5, 5.41) is 13.9. The van der Waals surface area contributed by atoms with Gasteiger partial charge >= 0.3 is 0 Å². The topological polar surface area (TPSA) is 80.5 Å². The molecule has 3 N–H and O–H groups in total. The third-order valence-corrected chi connectivity index (χ3v) is 2.94. The number of aromatic nitrogens is 4. The Kier molecular flexibility index (Phi) is 1.44. The second kappa shape index (κ2) is 2.26. The Morgan fingerprint density at radius 3 is 2.75 bits per heavy atom. The van der Waals surface area contributed by atoms with Crippen LogP contribution in [0.2, 0.25) is 0 Å². The average Bonchev–Trinajstić information content (AvgIpc) is 2.50. The summed E-state index contributed by atoms with van der Waals surface area (Å²) in [6.45, 7) is 5.07. The van der Waals surface area contributed by atoms with Gasteiger partial charge in [0.05, 0.1) is 0 Å². The highest BCUT2D eigenvalue weighted by atomic mass is 15.5. The Balaban J connectivity index is 2.19. The second-order valence-corrected chi connectivity index (χ2v) is 3.91. The number of rotatable bonds is 2. The third-order valence-electron chi connectivity index (χ3n) is 2.94. The highest BCUT2D eigenvalue weighted by Gasteiger charge is 2.59. The highest BCUT2D eigenvalue weighted by molar-refractivity contribution is 5.19. The van der Waals surface area contributed by atoms with E-state index in [1.807, 2.05) is 0 Å². The van der Waals surface area contributed by atoms with Crippen molar-refractivity contribution < 1.29 is 0 Å². The molecule has 66 valence electrons. The van der Waals surface area contributed by atoms with Gasteiger partial charge < -0.3 is 5.73 Å². The highest BCUT2D eigenvalue weighted by Crippen LogP contribution is 2.62. The summed E-state index contributed by atoms with van der Waals surface area (Å²) in [6, 6.07) is 0. The lowest BCUT2D eigenvalue weighted by molar-refractivity contribution is 0.555. The molecule has 12 heavy (non-hydrogen) atoms. The van der Waals surface area contributed by atoms with E-state index in [4.69, 9.17) is 5.73 Å². The van der Waals surface area contributed by atoms with Crippen molar-refractivity contribution in [1.29, 1.82) is 0 Å². The SMILES string of the molecule is CC1(C)C(CN)C1c1nn[nH]n1. The van der Waals surface area contributed by atoms with Crippen LogP contribution in [0.4, 0.5) is 0 Å². The lowest BCUT2D eigenvalue weighted by Crippen LogP contribution is -2.05. The van der Waals surface area contributed by atoms with Crippen LogP contribution in [-0.2, 0) is 0 Å². The molecule has 0 spiro atoms. The standard InChI is InChI=1S/C7H13N5/c1-7(2)4(3-8)5(7)6-9-11-12-10-6/h4-5H,3,8H2,1-2H3,(H,9,10,11,12). The minimum atomic E-state index is 0.249. The Labute approximate surface area is 70.7 Å². The molecule has 1 fully saturated rings. The predicted molar refractivity (Wildman–Crippen MR) is 43.2 cm³/mol. The quantitative estimate of drug-likeness (QED) is 0.644. The first-order valence-corrected chi connectivity index (χ1v) is 4.11. The van der Waals surface area contributed by atoms with Crippen LogP contribution in [0, 0.1) is 11.3 Å². The van der Waals surface area contributed by atoms with Gasteiger partial charge in [0.25, 0.3) is 0 Å². The van der Waals surface area contributed by atoms with E-state index in [9.17, 15) is 0 Å². The fourth-order valence-electron chi connectivity index (χ4n) is 2.00. The summed E-state index contributed by atoms with van der Waals surface area (Å²) >= 11 is 0. The molecule has 2 atom stereocenters. The second-order valence-electron chi connectivity index (χ2n) is 3.91. The number of nitrogens with zero attached hydrogens (tertiary/aromatic N) is 3. The van der Waals surface area contributed by atoms with Crippen LogP contribution in [0.5, 0.6) is 0 Å². The molecular formula is C7H13N5. The largest absolute Gasteiger partial charge is 0.330 e. The molecule has 5 nitrogen and oxygen atoms in total. The van der Waals surface area contributed by atoms with Crippen LogP contribution in [0.15, 0.2) is 0 Å². The zero-order valence-corrected chi connectivity index (χ0v) is 7.28. The van der Waals surface area contributed by atoms with Crippen LogP contribution in [0.3, 0.4) is 0 Å². The maximum atomic E-state index is 5.62. The van der Waals surface area contributed by atoms with E-state index in [1.165, 1.54) is 0 Å². The number of nitrogens with one attached hydrogen (secondary N) is 1. The van der Waals surface area contributed by atoms with Crippen LogP contribution < -0.4 is 5.73 Å². The predicted octanol–water partition coefficient (Wildman–Crippen LogP) is -0.102. The number of H-pyrrole nitrogens is 1. The van der Waals surface area contributed by atoms with Gasteiger partial charge in [0.15, 0.2) is 5.82 Å². The first-order valence-electron chi connectivity index (χ1n) is 4.11. The van der Waals surface area contributed by atoms with Gasteiger partial charge in [-0.2, -0.15) is 5.21 Å². The van der Waals surface area contributed by atoms with Crippen molar-refractivity contribution in [3.63, 3.8) is 0 Å². The minimum absolute atomic E-state index is 0.249. The Morgan fingerprint density at radius 1 is 1.58 bits per heavy atom. The third kappa shape index (κ3) is 0.859. The van der Waals surface area contributed by atoms with Crippen LogP contribution in [0.25, 0.3) is 0 Å².